The van der Waals surface area contributed by atoms with Crippen LogP contribution in [-0.2, 0) is 11.3 Å². The van der Waals surface area contributed by atoms with E-state index in [2.05, 4.69) is 10.6 Å². The van der Waals surface area contributed by atoms with Gasteiger partial charge in [0, 0.05) is 24.7 Å². The average Bonchev–Trinajstić information content (AvgIpc) is 3.29. The molecule has 2 aromatic rings. The molecule has 136 valence electrons. The minimum Gasteiger partial charge on any atom is -0.486 e. The van der Waals surface area contributed by atoms with Crippen molar-refractivity contribution in [3.8, 4) is 11.5 Å². The third-order valence-electron chi connectivity index (χ3n) is 4.30. The first-order chi connectivity index (χ1) is 12.7. The second kappa shape index (κ2) is 6.99. The maximum absolute atomic E-state index is 12.3. The van der Waals surface area contributed by atoms with E-state index in [1.807, 2.05) is 6.07 Å². The molecule has 4 rings (SSSR count). The van der Waals surface area contributed by atoms with E-state index >= 15 is 0 Å². The first-order valence-electron chi connectivity index (χ1n) is 8.46. The van der Waals surface area contributed by atoms with Crippen LogP contribution in [0.3, 0.4) is 0 Å². The Kier molecular flexibility index (Phi) is 4.39. The molecule has 2 aliphatic rings. The fraction of sp³-hybridized carbons (Fsp3) is 0.333. The van der Waals surface area contributed by atoms with Crippen LogP contribution in [0.25, 0.3) is 0 Å². The fourth-order valence-corrected chi connectivity index (χ4v) is 3.07. The Morgan fingerprint density at radius 3 is 2.85 bits per heavy atom. The summed E-state index contributed by atoms with van der Waals surface area (Å²) in [5, 5.41) is 5.54. The number of hydrogen-bond donors (Lipinski definition) is 2. The predicted octanol–water partition coefficient (Wildman–Crippen LogP) is 1.66. The maximum Gasteiger partial charge on any atom is 0.315 e. The van der Waals surface area contributed by atoms with Gasteiger partial charge in [0.15, 0.2) is 11.5 Å². The Bertz CT molecular complexity index is 805. The smallest absolute Gasteiger partial charge is 0.315 e. The lowest BCUT2D eigenvalue weighted by molar-refractivity contribution is -0.117. The summed E-state index contributed by atoms with van der Waals surface area (Å²) < 4.78 is 16.2. The summed E-state index contributed by atoms with van der Waals surface area (Å²) >= 11 is 0. The molecule has 1 saturated heterocycles. The van der Waals surface area contributed by atoms with E-state index in [1.165, 1.54) is 0 Å². The highest BCUT2D eigenvalue weighted by molar-refractivity contribution is 5.97. The van der Waals surface area contributed by atoms with Crippen molar-refractivity contribution in [1.29, 1.82) is 0 Å². The molecule has 0 radical (unpaired) electrons. The number of carbonyl (C=O) groups is 2. The summed E-state index contributed by atoms with van der Waals surface area (Å²) in [5.74, 6) is 1.94. The molecule has 1 fully saturated rings. The number of benzene rings is 1. The summed E-state index contributed by atoms with van der Waals surface area (Å²) in [4.78, 5) is 26.0. The number of furan rings is 1. The molecule has 3 heterocycles. The molecular weight excluding hydrogens is 338 g/mol. The minimum absolute atomic E-state index is 0.0435. The Morgan fingerprint density at radius 1 is 1.19 bits per heavy atom. The van der Waals surface area contributed by atoms with Gasteiger partial charge in [-0.15, -0.1) is 0 Å². The lowest BCUT2D eigenvalue weighted by atomic mass is 10.2. The molecule has 0 aliphatic carbocycles. The van der Waals surface area contributed by atoms with Crippen molar-refractivity contribution in [3.63, 3.8) is 0 Å². The van der Waals surface area contributed by atoms with E-state index in [-0.39, 0.29) is 24.4 Å². The van der Waals surface area contributed by atoms with Crippen LogP contribution >= 0.6 is 0 Å². The van der Waals surface area contributed by atoms with Gasteiger partial charge in [0.25, 0.3) is 0 Å². The van der Waals surface area contributed by atoms with Gasteiger partial charge in [-0.2, -0.15) is 0 Å². The van der Waals surface area contributed by atoms with Gasteiger partial charge in [0.2, 0.25) is 5.91 Å². The van der Waals surface area contributed by atoms with Crippen molar-refractivity contribution < 1.29 is 23.5 Å². The lowest BCUT2D eigenvalue weighted by Gasteiger charge is -2.22. The fourth-order valence-electron chi connectivity index (χ4n) is 3.07. The van der Waals surface area contributed by atoms with Crippen molar-refractivity contribution >= 4 is 17.6 Å². The normalized spacial score (nSPS) is 18.7. The average molecular weight is 357 g/mol. The van der Waals surface area contributed by atoms with Crippen molar-refractivity contribution in [2.75, 3.05) is 24.7 Å². The molecule has 8 heteroatoms. The Morgan fingerprint density at radius 2 is 2.04 bits per heavy atom. The van der Waals surface area contributed by atoms with Crippen LogP contribution < -0.4 is 25.0 Å². The van der Waals surface area contributed by atoms with Gasteiger partial charge in [0.1, 0.15) is 19.0 Å². The second-order valence-electron chi connectivity index (χ2n) is 6.14. The van der Waals surface area contributed by atoms with Gasteiger partial charge in [-0.25, -0.2) is 4.79 Å². The number of hydrogen-bond acceptors (Lipinski definition) is 5. The Balaban J connectivity index is 1.35. The lowest BCUT2D eigenvalue weighted by Crippen LogP contribution is -2.43. The molecule has 3 amide bonds. The van der Waals surface area contributed by atoms with Crippen LogP contribution in [0.2, 0.25) is 0 Å². The van der Waals surface area contributed by atoms with Crippen LogP contribution in [-0.4, -0.2) is 37.7 Å². The number of anilines is 1. The van der Waals surface area contributed by atoms with E-state index in [0.29, 0.717) is 43.6 Å². The molecule has 1 aromatic heterocycles. The van der Waals surface area contributed by atoms with E-state index in [4.69, 9.17) is 13.9 Å². The highest BCUT2D eigenvalue weighted by Crippen LogP contribution is 2.35. The van der Waals surface area contributed by atoms with E-state index in [9.17, 15) is 9.59 Å². The first-order valence-corrected chi connectivity index (χ1v) is 8.46. The molecule has 26 heavy (non-hydrogen) atoms. The molecule has 0 unspecified atom stereocenters. The standard InChI is InChI=1S/C18H19N3O5/c22-17-8-12(20-18(23)19-10-14-2-1-5-24-14)11-21(17)13-3-4-15-16(9-13)26-7-6-25-15/h1-5,9,12H,6-8,10-11H2,(H2,19,20,23)/t12-/m0/s1. The van der Waals surface area contributed by atoms with E-state index in [1.54, 1.807) is 35.4 Å². The number of ether oxygens (including phenoxy) is 2. The van der Waals surface area contributed by atoms with E-state index < -0.39 is 0 Å². The van der Waals surface area contributed by atoms with Gasteiger partial charge in [0.05, 0.1) is 18.8 Å². The highest BCUT2D eigenvalue weighted by Gasteiger charge is 2.32. The Labute approximate surface area is 150 Å². The molecule has 1 aromatic carbocycles. The Hall–Kier alpha value is -3.16. The van der Waals surface area contributed by atoms with Crippen LogP contribution in [0.5, 0.6) is 11.5 Å². The topological polar surface area (TPSA) is 93.0 Å². The number of urea groups is 1. The number of carbonyl (C=O) groups excluding carboxylic acids is 2. The SMILES string of the molecule is O=C(NCc1ccco1)N[C@H]1CC(=O)N(c2ccc3c(c2)OCCO3)C1. The summed E-state index contributed by atoms with van der Waals surface area (Å²) in [6.45, 7) is 1.72. The number of amides is 3. The van der Waals surface area contributed by atoms with Gasteiger partial charge < -0.3 is 29.4 Å². The molecular formula is C18H19N3O5. The van der Waals surface area contributed by atoms with Crippen LogP contribution in [0, 0.1) is 0 Å². The van der Waals surface area contributed by atoms with Crippen LogP contribution in [0.15, 0.2) is 41.0 Å². The zero-order chi connectivity index (χ0) is 17.9. The van der Waals surface area contributed by atoms with Crippen molar-refractivity contribution in [2.45, 2.75) is 19.0 Å². The van der Waals surface area contributed by atoms with Crippen molar-refractivity contribution in [2.24, 2.45) is 0 Å². The molecule has 2 N–H and O–H groups in total. The zero-order valence-electron chi connectivity index (χ0n) is 14.1. The molecule has 1 atom stereocenters. The van der Waals surface area contributed by atoms with Crippen molar-refractivity contribution in [3.05, 3.63) is 42.4 Å². The van der Waals surface area contributed by atoms with Gasteiger partial charge in [-0.1, -0.05) is 0 Å². The molecule has 0 saturated carbocycles. The summed E-state index contributed by atoms with van der Waals surface area (Å²) in [6, 6.07) is 8.37. The quantitative estimate of drug-likeness (QED) is 0.868. The molecule has 2 aliphatic heterocycles. The largest absolute Gasteiger partial charge is 0.486 e. The second-order valence-corrected chi connectivity index (χ2v) is 6.14. The molecule has 8 nitrogen and oxygen atoms in total. The molecule has 0 bridgehead atoms. The minimum atomic E-state index is -0.330. The third kappa shape index (κ3) is 3.44. The number of nitrogens with one attached hydrogen (secondary N) is 2. The van der Waals surface area contributed by atoms with Gasteiger partial charge in [-0.3, -0.25) is 4.79 Å². The predicted molar refractivity (Wildman–Crippen MR) is 92.3 cm³/mol. The monoisotopic (exact) mass is 357 g/mol. The summed E-state index contributed by atoms with van der Waals surface area (Å²) in [7, 11) is 0. The third-order valence-corrected chi connectivity index (χ3v) is 4.30. The zero-order valence-corrected chi connectivity index (χ0v) is 14.1. The number of rotatable bonds is 4. The number of fused-ring (bicyclic) bond motifs is 1. The maximum atomic E-state index is 12.3. The molecule has 0 spiro atoms. The van der Waals surface area contributed by atoms with Gasteiger partial charge in [-0.05, 0) is 24.3 Å². The van der Waals surface area contributed by atoms with Crippen molar-refractivity contribution in [1.82, 2.24) is 10.6 Å². The highest BCUT2D eigenvalue weighted by atomic mass is 16.6. The van der Waals surface area contributed by atoms with E-state index in [0.717, 1.165) is 5.69 Å². The van der Waals surface area contributed by atoms with Gasteiger partial charge >= 0.3 is 6.03 Å². The first kappa shape index (κ1) is 16.3. The summed E-state index contributed by atoms with van der Waals surface area (Å²) in [6.07, 6.45) is 1.80. The van der Waals surface area contributed by atoms with Crippen LogP contribution in [0.4, 0.5) is 10.5 Å². The number of nitrogens with zero attached hydrogens (tertiary/aromatic N) is 1. The van der Waals surface area contributed by atoms with Crippen LogP contribution in [0.1, 0.15) is 12.2 Å². The summed E-state index contributed by atoms with van der Waals surface area (Å²) in [5.41, 5.74) is 0.736.